The molecule has 0 saturated carbocycles. The monoisotopic (exact) mass is 735 g/mol. The second kappa shape index (κ2) is 33.6. The van der Waals surface area contributed by atoms with E-state index in [1.54, 1.807) is 0 Å². The van der Waals surface area contributed by atoms with E-state index in [-0.39, 0.29) is 25.9 Å². The van der Waals surface area contributed by atoms with Crippen molar-refractivity contribution in [2.75, 3.05) is 72.6 Å². The first-order valence-corrected chi connectivity index (χ1v) is 20.3. The smallest absolute Gasteiger partial charge is 0.219 e. The number of aliphatic hydroxyl groups is 3. The number of carbonyl (C=O) groups is 1. The highest BCUT2D eigenvalue weighted by atomic mass is 16.6. The zero-order valence-electron chi connectivity index (χ0n) is 32.5. The maximum Gasteiger partial charge on any atom is 0.219 e. The van der Waals surface area contributed by atoms with E-state index in [9.17, 15) is 25.2 Å². The maximum atomic E-state index is 12.5. The summed E-state index contributed by atoms with van der Waals surface area (Å²) in [5.74, 6) is -0.459. The molecule has 0 aliphatic carbocycles. The molecule has 0 aromatic rings. The fraction of sp³-hybridized carbons (Fsp3) is 0.974. The first kappa shape index (κ1) is 48.1. The van der Waals surface area contributed by atoms with Gasteiger partial charge in [-0.3, -0.25) is 4.79 Å². The van der Waals surface area contributed by atoms with Gasteiger partial charge in [-0.25, -0.2) is 0 Å². The van der Waals surface area contributed by atoms with E-state index in [1.807, 2.05) is 0 Å². The van der Waals surface area contributed by atoms with E-state index in [0.717, 1.165) is 31.0 Å². The SMILES string of the molecule is CCCCCCCCCCCOCC(COCCCCCCCCCCC)OCCOCCOCCN(C(C)=O)[C@@H]1[C@@H](O)[C@H](O)[C@@H](CO)O[C@H]1[O-]. The Kier molecular flexibility index (Phi) is 31.7. The molecule has 0 spiro atoms. The van der Waals surface area contributed by atoms with Crippen LogP contribution in [0.1, 0.15) is 136 Å². The minimum atomic E-state index is -1.81. The van der Waals surface area contributed by atoms with Crippen molar-refractivity contribution in [1.82, 2.24) is 4.90 Å². The summed E-state index contributed by atoms with van der Waals surface area (Å²) in [7, 11) is 0. The van der Waals surface area contributed by atoms with Crippen molar-refractivity contribution in [1.29, 1.82) is 0 Å². The van der Waals surface area contributed by atoms with Gasteiger partial charge in [0.05, 0.1) is 58.9 Å². The Hall–Kier alpha value is -0.930. The maximum absolute atomic E-state index is 12.5. The van der Waals surface area contributed by atoms with Crippen LogP contribution in [-0.2, 0) is 33.2 Å². The molecule has 0 unspecified atom stereocenters. The number of aliphatic hydroxyl groups excluding tert-OH is 3. The van der Waals surface area contributed by atoms with E-state index in [1.165, 1.54) is 110 Å². The van der Waals surface area contributed by atoms with Crippen LogP contribution in [0.25, 0.3) is 0 Å². The van der Waals surface area contributed by atoms with Crippen molar-refractivity contribution in [3.8, 4) is 0 Å². The van der Waals surface area contributed by atoms with Gasteiger partial charge < -0.3 is 53.7 Å². The van der Waals surface area contributed by atoms with Crippen LogP contribution in [-0.4, -0.2) is 135 Å². The predicted molar refractivity (Wildman–Crippen MR) is 196 cm³/mol. The molecule has 51 heavy (non-hydrogen) atoms. The fourth-order valence-electron chi connectivity index (χ4n) is 6.28. The zero-order valence-corrected chi connectivity index (χ0v) is 32.5. The fourth-order valence-corrected chi connectivity index (χ4v) is 6.28. The first-order valence-electron chi connectivity index (χ1n) is 20.3. The van der Waals surface area contributed by atoms with Crippen LogP contribution in [0.5, 0.6) is 0 Å². The molecule has 1 fully saturated rings. The summed E-state index contributed by atoms with van der Waals surface area (Å²) in [6, 6.07) is -1.30. The molecule has 0 aromatic heterocycles. The minimum absolute atomic E-state index is 0.0263. The van der Waals surface area contributed by atoms with Gasteiger partial charge in [0.25, 0.3) is 0 Å². The van der Waals surface area contributed by atoms with E-state index in [0.29, 0.717) is 33.0 Å². The number of unbranched alkanes of at least 4 members (excludes halogenated alkanes) is 16. The summed E-state index contributed by atoms with van der Waals surface area (Å²) in [5, 5.41) is 42.3. The number of hydrogen-bond acceptors (Lipinski definition) is 11. The van der Waals surface area contributed by atoms with Gasteiger partial charge in [0.15, 0.2) is 0 Å². The highest BCUT2D eigenvalue weighted by molar-refractivity contribution is 5.73. The van der Waals surface area contributed by atoms with Crippen molar-refractivity contribution in [3.05, 3.63) is 0 Å². The topological polar surface area (TPSA) is 159 Å². The lowest BCUT2D eigenvalue weighted by Crippen LogP contribution is -2.68. The van der Waals surface area contributed by atoms with Crippen LogP contribution in [0.15, 0.2) is 0 Å². The Morgan fingerprint density at radius 3 is 1.57 bits per heavy atom. The van der Waals surface area contributed by atoms with Crippen LogP contribution in [0, 0.1) is 0 Å². The second-order valence-electron chi connectivity index (χ2n) is 13.9. The molecule has 1 saturated heterocycles. The normalized spacial score (nSPS) is 20.7. The molecule has 304 valence electrons. The summed E-state index contributed by atoms with van der Waals surface area (Å²) in [6.07, 6.45) is 16.8. The van der Waals surface area contributed by atoms with Gasteiger partial charge >= 0.3 is 0 Å². The van der Waals surface area contributed by atoms with Crippen LogP contribution in [0.4, 0.5) is 0 Å². The molecule has 0 radical (unpaired) electrons. The van der Waals surface area contributed by atoms with Gasteiger partial charge in [0.2, 0.25) is 5.91 Å². The number of nitrogens with zero attached hydrogens (tertiary/aromatic N) is 1. The molecule has 1 aliphatic heterocycles. The third kappa shape index (κ3) is 24.2. The Balaban J connectivity index is 2.27. The highest BCUT2D eigenvalue weighted by Gasteiger charge is 2.43. The van der Waals surface area contributed by atoms with Gasteiger partial charge in [-0.15, -0.1) is 0 Å². The molecule has 1 aliphatic rings. The number of hydrogen-bond donors (Lipinski definition) is 3. The third-order valence-corrected chi connectivity index (χ3v) is 9.43. The molecule has 3 N–H and O–H groups in total. The third-order valence-electron chi connectivity index (χ3n) is 9.43. The van der Waals surface area contributed by atoms with E-state index in [4.69, 9.17) is 28.4 Å². The molecule has 5 atom stereocenters. The lowest BCUT2D eigenvalue weighted by molar-refractivity contribution is -0.525. The molecule has 1 rings (SSSR count). The van der Waals surface area contributed by atoms with Gasteiger partial charge in [-0.2, -0.15) is 0 Å². The quantitative estimate of drug-likeness (QED) is 0.0778. The van der Waals surface area contributed by atoms with Crippen molar-refractivity contribution in [3.63, 3.8) is 0 Å². The molecule has 0 bridgehead atoms. The predicted octanol–water partition coefficient (Wildman–Crippen LogP) is 4.52. The summed E-state index contributed by atoms with van der Waals surface area (Å²) >= 11 is 0. The van der Waals surface area contributed by atoms with Crippen LogP contribution in [0.3, 0.4) is 0 Å². The first-order chi connectivity index (χ1) is 24.9. The van der Waals surface area contributed by atoms with Crippen molar-refractivity contribution < 1.29 is 53.6 Å². The summed E-state index contributed by atoms with van der Waals surface area (Å²) in [4.78, 5) is 13.4. The van der Waals surface area contributed by atoms with Crippen molar-refractivity contribution in [2.45, 2.75) is 173 Å². The molecule has 12 nitrogen and oxygen atoms in total. The van der Waals surface area contributed by atoms with E-state index < -0.39 is 43.2 Å². The number of carbonyl (C=O) groups excluding carboxylic acids is 1. The van der Waals surface area contributed by atoms with Crippen LogP contribution >= 0.6 is 0 Å². The summed E-state index contributed by atoms with van der Waals surface area (Å²) in [5.41, 5.74) is 0. The molecular formula is C39H76NO11-. The van der Waals surface area contributed by atoms with Crippen molar-refractivity contribution >= 4 is 5.91 Å². The lowest BCUT2D eigenvalue weighted by atomic mass is 9.95. The van der Waals surface area contributed by atoms with Crippen LogP contribution in [0.2, 0.25) is 0 Å². The number of rotatable bonds is 36. The van der Waals surface area contributed by atoms with Crippen LogP contribution < -0.4 is 5.11 Å². The minimum Gasteiger partial charge on any atom is -0.829 e. The number of amides is 1. The van der Waals surface area contributed by atoms with Gasteiger partial charge in [0.1, 0.15) is 24.4 Å². The Morgan fingerprint density at radius 1 is 0.647 bits per heavy atom. The molecule has 1 heterocycles. The number of ether oxygens (including phenoxy) is 6. The standard InChI is InChI=1S/C39H76NO11/c1-4-6-8-10-12-14-16-18-20-23-48-31-34(32-49-24-21-19-17-15-13-11-9-7-5-2)50-29-28-47-27-26-46-25-22-40(33(3)42)36-38(44)37(43)35(30-41)51-39(36)45/h34-39,41,43-44H,4-32H2,1-3H3/q-1/t35-,36-,37-,38-,39-/m1/s1. The van der Waals surface area contributed by atoms with E-state index >= 15 is 0 Å². The summed E-state index contributed by atoms with van der Waals surface area (Å²) < 4.78 is 34.4. The Bertz CT molecular complexity index is 753. The van der Waals surface area contributed by atoms with Gasteiger partial charge in [0, 0.05) is 33.0 Å². The van der Waals surface area contributed by atoms with Gasteiger partial charge in [-0.05, 0) is 12.8 Å². The molecule has 12 heteroatoms. The Morgan fingerprint density at radius 2 is 1.10 bits per heavy atom. The average Bonchev–Trinajstić information content (AvgIpc) is 3.12. The van der Waals surface area contributed by atoms with Crippen molar-refractivity contribution in [2.24, 2.45) is 0 Å². The molecular weight excluding hydrogens is 658 g/mol. The zero-order chi connectivity index (χ0) is 37.4. The lowest BCUT2D eigenvalue weighted by Gasteiger charge is -2.49. The second-order valence-corrected chi connectivity index (χ2v) is 13.9. The Labute approximate surface area is 309 Å². The summed E-state index contributed by atoms with van der Waals surface area (Å²) in [6.45, 7) is 9.08. The molecule has 0 aromatic carbocycles. The van der Waals surface area contributed by atoms with E-state index in [2.05, 4.69) is 13.8 Å². The largest absolute Gasteiger partial charge is 0.829 e. The average molecular weight is 735 g/mol. The highest BCUT2D eigenvalue weighted by Crippen LogP contribution is 2.23. The molecule has 1 amide bonds. The van der Waals surface area contributed by atoms with Gasteiger partial charge in [-0.1, -0.05) is 117 Å².